The van der Waals surface area contributed by atoms with Gasteiger partial charge in [0.2, 0.25) is 11.8 Å². The van der Waals surface area contributed by atoms with E-state index in [9.17, 15) is 4.79 Å². The summed E-state index contributed by atoms with van der Waals surface area (Å²) in [6.07, 6.45) is 3.37. The lowest BCUT2D eigenvalue weighted by Gasteiger charge is -2.22. The maximum atomic E-state index is 11.1. The van der Waals surface area contributed by atoms with Crippen molar-refractivity contribution in [3.05, 3.63) is 102 Å². The number of nitrogens with two attached hydrogens (primary N) is 1. The van der Waals surface area contributed by atoms with Gasteiger partial charge in [0.05, 0.1) is 5.56 Å². The Kier molecular flexibility index (Phi) is 7.96. The summed E-state index contributed by atoms with van der Waals surface area (Å²) in [5, 5.41) is 0. The normalized spacial score (nSPS) is 10.8. The predicted octanol–water partition coefficient (Wildman–Crippen LogP) is 4.98. The topological polar surface area (TPSA) is 68.5 Å². The Labute approximate surface area is 184 Å². The van der Waals surface area contributed by atoms with Crippen LogP contribution < -0.4 is 10.5 Å². The number of amides is 1. The fourth-order valence-corrected chi connectivity index (χ4v) is 3.18. The van der Waals surface area contributed by atoms with Crippen LogP contribution in [0, 0.1) is 0 Å². The van der Waals surface area contributed by atoms with Gasteiger partial charge in [-0.05, 0) is 49.1 Å². The molecule has 0 atom stereocenters. The van der Waals surface area contributed by atoms with Gasteiger partial charge in [-0.1, -0.05) is 48.0 Å². The molecule has 0 unspecified atom stereocenters. The third kappa shape index (κ3) is 7.39. The Bertz CT molecular complexity index is 983. The summed E-state index contributed by atoms with van der Waals surface area (Å²) in [6, 6.07) is 21.8. The molecular weight excluding hydrogens is 386 g/mol. The van der Waals surface area contributed by atoms with Gasteiger partial charge in [-0.2, -0.15) is 0 Å². The summed E-state index contributed by atoms with van der Waals surface area (Å²) in [7, 11) is 0. The van der Waals surface area contributed by atoms with Crippen LogP contribution in [0.1, 0.15) is 34.8 Å². The predicted molar refractivity (Wildman–Crippen MR) is 124 cm³/mol. The molecule has 0 fully saturated rings. The molecule has 0 saturated carbocycles. The largest absolute Gasteiger partial charge is 0.439 e. The lowest BCUT2D eigenvalue weighted by Crippen LogP contribution is -2.27. The zero-order valence-electron chi connectivity index (χ0n) is 18.0. The van der Waals surface area contributed by atoms with E-state index in [1.807, 2.05) is 18.2 Å². The van der Waals surface area contributed by atoms with Gasteiger partial charge in [-0.25, -0.2) is 4.98 Å². The van der Waals surface area contributed by atoms with Crippen LogP contribution >= 0.6 is 0 Å². The van der Waals surface area contributed by atoms with Gasteiger partial charge in [0.25, 0.3) is 0 Å². The Balaban J connectivity index is 1.56. The van der Waals surface area contributed by atoms with E-state index in [0.717, 1.165) is 32.5 Å². The molecule has 0 saturated heterocycles. The second-order valence-electron chi connectivity index (χ2n) is 7.71. The number of rotatable bonds is 11. The molecule has 3 aromatic rings. The zero-order chi connectivity index (χ0) is 22.1. The van der Waals surface area contributed by atoms with E-state index in [4.69, 9.17) is 10.5 Å². The average Bonchev–Trinajstić information content (AvgIpc) is 2.77. The molecule has 1 amide bonds. The molecule has 0 aliphatic carbocycles. The van der Waals surface area contributed by atoms with E-state index in [-0.39, 0.29) is 0 Å². The molecule has 0 aliphatic rings. The molecule has 2 N–H and O–H groups in total. The summed E-state index contributed by atoms with van der Waals surface area (Å²) >= 11 is 0. The molecule has 0 spiro atoms. The van der Waals surface area contributed by atoms with Crippen LogP contribution in [-0.2, 0) is 13.0 Å². The fraction of sp³-hybridized carbons (Fsp3) is 0.231. The molecule has 1 aromatic heterocycles. The summed E-state index contributed by atoms with van der Waals surface area (Å²) in [4.78, 5) is 17.7. The number of pyridine rings is 1. The van der Waals surface area contributed by atoms with E-state index < -0.39 is 5.91 Å². The number of carbonyl (C=O) groups excluding carboxylic acids is 1. The minimum absolute atomic E-state index is 0.356. The lowest BCUT2D eigenvalue weighted by molar-refractivity contribution is 0.1000. The van der Waals surface area contributed by atoms with Crippen LogP contribution in [0.15, 0.2) is 85.1 Å². The van der Waals surface area contributed by atoms with E-state index in [2.05, 4.69) is 59.8 Å². The van der Waals surface area contributed by atoms with Crippen molar-refractivity contribution >= 4 is 5.91 Å². The van der Waals surface area contributed by atoms with Crippen LogP contribution in [0.3, 0.4) is 0 Å². The number of benzene rings is 2. The number of ether oxygens (including phenoxy) is 1. The van der Waals surface area contributed by atoms with Crippen molar-refractivity contribution < 1.29 is 9.53 Å². The van der Waals surface area contributed by atoms with Crippen molar-refractivity contribution in [1.29, 1.82) is 0 Å². The molecule has 1 heterocycles. The Hall–Kier alpha value is -3.44. The fourth-order valence-electron chi connectivity index (χ4n) is 3.18. The van der Waals surface area contributed by atoms with Crippen LogP contribution in [-0.4, -0.2) is 28.9 Å². The SMILES string of the molecule is C=C(C)CCN(CCc1ccc(Oc2ccc(C(N)=O)cn2)cc1)Cc1ccccc1. The number of nitrogens with zero attached hydrogens (tertiary/aromatic N) is 2. The van der Waals surface area contributed by atoms with Gasteiger partial charge in [0.15, 0.2) is 0 Å². The van der Waals surface area contributed by atoms with Crippen LogP contribution in [0.5, 0.6) is 11.6 Å². The maximum absolute atomic E-state index is 11.1. The summed E-state index contributed by atoms with van der Waals surface area (Å²) < 4.78 is 5.75. The Morgan fingerprint density at radius 3 is 2.35 bits per heavy atom. The van der Waals surface area contributed by atoms with E-state index in [1.165, 1.54) is 22.9 Å². The Morgan fingerprint density at radius 2 is 1.74 bits per heavy atom. The number of primary amides is 1. The van der Waals surface area contributed by atoms with Gasteiger partial charge in [-0.15, -0.1) is 6.58 Å². The monoisotopic (exact) mass is 415 g/mol. The number of aromatic nitrogens is 1. The summed E-state index contributed by atoms with van der Waals surface area (Å²) in [5.74, 6) is 0.617. The van der Waals surface area contributed by atoms with Gasteiger partial charge in [0, 0.05) is 31.9 Å². The minimum atomic E-state index is -0.507. The molecule has 0 bridgehead atoms. The van der Waals surface area contributed by atoms with Gasteiger partial charge < -0.3 is 10.5 Å². The third-order valence-corrected chi connectivity index (χ3v) is 4.99. The van der Waals surface area contributed by atoms with E-state index in [0.29, 0.717) is 17.2 Å². The first-order valence-corrected chi connectivity index (χ1v) is 10.4. The van der Waals surface area contributed by atoms with E-state index >= 15 is 0 Å². The van der Waals surface area contributed by atoms with Crippen molar-refractivity contribution in [3.63, 3.8) is 0 Å². The van der Waals surface area contributed by atoms with Gasteiger partial charge >= 0.3 is 0 Å². The van der Waals surface area contributed by atoms with Gasteiger partial charge in [0.1, 0.15) is 5.75 Å². The van der Waals surface area contributed by atoms with Crippen molar-refractivity contribution in [2.75, 3.05) is 13.1 Å². The highest BCUT2D eigenvalue weighted by atomic mass is 16.5. The molecule has 160 valence electrons. The van der Waals surface area contributed by atoms with Crippen molar-refractivity contribution in [2.24, 2.45) is 5.73 Å². The molecule has 5 nitrogen and oxygen atoms in total. The highest BCUT2D eigenvalue weighted by Gasteiger charge is 2.08. The first-order chi connectivity index (χ1) is 15.0. The van der Waals surface area contributed by atoms with Crippen molar-refractivity contribution in [3.8, 4) is 11.6 Å². The second kappa shape index (κ2) is 11.1. The molecule has 0 aliphatic heterocycles. The quantitative estimate of drug-likeness (QED) is 0.448. The maximum Gasteiger partial charge on any atom is 0.250 e. The zero-order valence-corrected chi connectivity index (χ0v) is 18.0. The standard InChI is InChI=1S/C26H29N3O2/c1-20(2)14-16-29(19-22-6-4-3-5-7-22)17-15-21-8-11-24(12-9-21)31-25-13-10-23(18-28-25)26(27)30/h3-13,18H,1,14-17,19H2,2H3,(H2,27,30). The first-order valence-electron chi connectivity index (χ1n) is 10.4. The van der Waals surface area contributed by atoms with Gasteiger partial charge in [-0.3, -0.25) is 9.69 Å². The average molecular weight is 416 g/mol. The summed E-state index contributed by atoms with van der Waals surface area (Å²) in [6.45, 7) is 9.02. The molecule has 5 heteroatoms. The lowest BCUT2D eigenvalue weighted by atomic mass is 10.1. The summed E-state index contributed by atoms with van der Waals surface area (Å²) in [5.41, 5.74) is 9.36. The first kappa shape index (κ1) is 22.2. The molecule has 2 aromatic carbocycles. The third-order valence-electron chi connectivity index (χ3n) is 4.99. The highest BCUT2D eigenvalue weighted by Crippen LogP contribution is 2.20. The number of hydrogen-bond acceptors (Lipinski definition) is 4. The van der Waals surface area contributed by atoms with Crippen LogP contribution in [0.2, 0.25) is 0 Å². The van der Waals surface area contributed by atoms with Crippen molar-refractivity contribution in [1.82, 2.24) is 9.88 Å². The molecular formula is C26H29N3O2. The number of hydrogen-bond donors (Lipinski definition) is 1. The molecule has 3 rings (SSSR count). The molecule has 31 heavy (non-hydrogen) atoms. The smallest absolute Gasteiger partial charge is 0.250 e. The van der Waals surface area contributed by atoms with Crippen molar-refractivity contribution in [2.45, 2.75) is 26.3 Å². The van der Waals surface area contributed by atoms with E-state index in [1.54, 1.807) is 12.1 Å². The Morgan fingerprint density at radius 1 is 1.00 bits per heavy atom. The van der Waals surface area contributed by atoms with Crippen LogP contribution in [0.4, 0.5) is 0 Å². The highest BCUT2D eigenvalue weighted by molar-refractivity contribution is 5.92. The number of carbonyl (C=O) groups is 1. The second-order valence-corrected chi connectivity index (χ2v) is 7.71. The van der Waals surface area contributed by atoms with Crippen LogP contribution in [0.25, 0.3) is 0 Å². The minimum Gasteiger partial charge on any atom is -0.439 e. The molecule has 0 radical (unpaired) electrons.